The van der Waals surface area contributed by atoms with E-state index in [1.54, 1.807) is 7.11 Å². The lowest BCUT2D eigenvalue weighted by Crippen LogP contribution is -2.38. The molecule has 0 aromatic heterocycles. The molecule has 1 aliphatic heterocycles. The topological polar surface area (TPSA) is 27.7 Å². The van der Waals surface area contributed by atoms with Crippen LogP contribution in [0.3, 0.4) is 0 Å². The molecule has 1 fully saturated rings. The Kier molecular flexibility index (Phi) is 2.48. The summed E-state index contributed by atoms with van der Waals surface area (Å²) in [7, 11) is 1.70. The van der Waals surface area contributed by atoms with Gasteiger partial charge in [0, 0.05) is 0 Å². The van der Waals surface area contributed by atoms with Gasteiger partial charge in [0.25, 0.3) is 0 Å². The molecule has 2 atom stereocenters. The second kappa shape index (κ2) is 3.72. The molecule has 0 unspecified atom stereocenters. The zero-order valence-electron chi connectivity index (χ0n) is 11.4. The number of hydrogen-bond acceptors (Lipinski definition) is 3. The van der Waals surface area contributed by atoms with Crippen LogP contribution < -0.4 is 4.74 Å². The van der Waals surface area contributed by atoms with Crippen LogP contribution in [0.4, 0.5) is 0 Å². The fourth-order valence-corrected chi connectivity index (χ4v) is 3.29. The molecule has 1 heterocycles. The number of fused-ring (bicyclic) bond motifs is 3. The van der Waals surface area contributed by atoms with E-state index in [-0.39, 0.29) is 11.7 Å². The maximum absolute atomic E-state index is 6.18. The second-order valence-electron chi connectivity index (χ2n) is 5.78. The zero-order valence-corrected chi connectivity index (χ0v) is 11.4. The highest BCUT2D eigenvalue weighted by molar-refractivity contribution is 5.42. The summed E-state index contributed by atoms with van der Waals surface area (Å²) in [6.07, 6.45) is 2.17. The van der Waals surface area contributed by atoms with Crippen LogP contribution in [-0.4, -0.2) is 19.0 Å². The van der Waals surface area contributed by atoms with Crippen molar-refractivity contribution in [3.8, 4) is 5.75 Å². The Labute approximate surface area is 108 Å². The van der Waals surface area contributed by atoms with E-state index in [1.807, 2.05) is 19.9 Å². The number of rotatable bonds is 1. The van der Waals surface area contributed by atoms with Crippen molar-refractivity contribution in [3.63, 3.8) is 0 Å². The predicted molar refractivity (Wildman–Crippen MR) is 68.7 cm³/mol. The predicted octanol–water partition coefficient (Wildman–Crippen LogP) is 3.01. The smallest absolute Gasteiger partial charge is 0.164 e. The second-order valence-corrected chi connectivity index (χ2v) is 5.78. The summed E-state index contributed by atoms with van der Waals surface area (Å²) in [6.45, 7) is 6.11. The van der Waals surface area contributed by atoms with Gasteiger partial charge in [-0.15, -0.1) is 0 Å². The lowest BCUT2D eigenvalue weighted by Gasteiger charge is -2.35. The first-order valence-electron chi connectivity index (χ1n) is 6.50. The van der Waals surface area contributed by atoms with Gasteiger partial charge >= 0.3 is 0 Å². The lowest BCUT2D eigenvalue weighted by molar-refractivity contribution is -0.161. The molecule has 2 aliphatic rings. The minimum Gasteiger partial charge on any atom is -0.497 e. The van der Waals surface area contributed by atoms with Crippen LogP contribution in [0.5, 0.6) is 5.75 Å². The summed E-state index contributed by atoms with van der Waals surface area (Å²) < 4.78 is 17.5. The summed E-state index contributed by atoms with van der Waals surface area (Å²) in [4.78, 5) is 0. The molecule has 0 spiro atoms. The molecule has 0 saturated carbocycles. The molecule has 1 saturated heterocycles. The number of hydrogen-bond donors (Lipinski definition) is 0. The largest absolute Gasteiger partial charge is 0.497 e. The first kappa shape index (κ1) is 12.0. The van der Waals surface area contributed by atoms with Crippen molar-refractivity contribution >= 4 is 0 Å². The van der Waals surface area contributed by atoms with E-state index in [0.29, 0.717) is 0 Å². The first-order valence-corrected chi connectivity index (χ1v) is 6.50. The molecule has 18 heavy (non-hydrogen) atoms. The molecule has 0 amide bonds. The van der Waals surface area contributed by atoms with Gasteiger partial charge in [0.2, 0.25) is 0 Å². The highest BCUT2D eigenvalue weighted by Crippen LogP contribution is 2.49. The standard InChI is InChI=1S/C15H20O3/c1-14(2)17-13-8-5-10-9-11(16-4)6-7-12(10)15(13,3)18-14/h6-7,9,13H,5,8H2,1-4H3/t13-,15+/m0/s1. The lowest BCUT2D eigenvalue weighted by atomic mass is 9.78. The van der Waals surface area contributed by atoms with Gasteiger partial charge < -0.3 is 14.2 Å². The Hall–Kier alpha value is -1.06. The Morgan fingerprint density at radius 2 is 2.06 bits per heavy atom. The maximum atomic E-state index is 6.18. The van der Waals surface area contributed by atoms with Crippen LogP contribution >= 0.6 is 0 Å². The van der Waals surface area contributed by atoms with Gasteiger partial charge in [0.1, 0.15) is 11.4 Å². The number of ether oxygens (including phenoxy) is 3. The van der Waals surface area contributed by atoms with E-state index >= 15 is 0 Å². The summed E-state index contributed by atoms with van der Waals surface area (Å²) in [5, 5.41) is 0. The number of methoxy groups -OCH3 is 1. The molecule has 3 heteroatoms. The Morgan fingerprint density at radius 3 is 2.78 bits per heavy atom. The SMILES string of the molecule is COc1ccc2c(c1)CC[C@@H]1OC(C)(C)O[C@]21C. The molecule has 0 bridgehead atoms. The van der Waals surface area contributed by atoms with E-state index in [1.165, 1.54) is 11.1 Å². The molecule has 1 aromatic rings. The molecule has 1 aliphatic carbocycles. The van der Waals surface area contributed by atoms with Crippen LogP contribution in [-0.2, 0) is 21.5 Å². The average Bonchev–Trinajstić information content (AvgIpc) is 2.57. The minimum atomic E-state index is -0.499. The van der Waals surface area contributed by atoms with Gasteiger partial charge in [-0.25, -0.2) is 0 Å². The number of benzene rings is 1. The fraction of sp³-hybridized carbons (Fsp3) is 0.600. The van der Waals surface area contributed by atoms with Gasteiger partial charge in [-0.1, -0.05) is 6.07 Å². The van der Waals surface area contributed by atoms with Crippen molar-refractivity contribution in [2.24, 2.45) is 0 Å². The highest BCUT2D eigenvalue weighted by Gasteiger charge is 2.53. The van der Waals surface area contributed by atoms with E-state index in [9.17, 15) is 0 Å². The van der Waals surface area contributed by atoms with Crippen molar-refractivity contribution in [3.05, 3.63) is 29.3 Å². The monoisotopic (exact) mass is 248 g/mol. The van der Waals surface area contributed by atoms with Crippen molar-refractivity contribution in [2.45, 2.75) is 51.1 Å². The third kappa shape index (κ3) is 1.65. The van der Waals surface area contributed by atoms with Crippen LogP contribution in [0.15, 0.2) is 18.2 Å². The zero-order chi connectivity index (χ0) is 13.0. The van der Waals surface area contributed by atoms with Gasteiger partial charge in [-0.2, -0.15) is 0 Å². The normalized spacial score (nSPS) is 32.8. The summed E-state index contributed by atoms with van der Waals surface area (Å²) in [6, 6.07) is 6.23. The Balaban J connectivity index is 2.06. The van der Waals surface area contributed by atoms with Crippen LogP contribution in [0.25, 0.3) is 0 Å². The third-order valence-electron chi connectivity index (χ3n) is 4.02. The summed E-state index contributed by atoms with van der Waals surface area (Å²) in [5.74, 6) is 0.412. The highest BCUT2D eigenvalue weighted by atomic mass is 16.8. The molecule has 0 N–H and O–H groups in total. The van der Waals surface area contributed by atoms with Crippen molar-refractivity contribution in [2.75, 3.05) is 7.11 Å². The van der Waals surface area contributed by atoms with Crippen molar-refractivity contribution in [1.82, 2.24) is 0 Å². The van der Waals surface area contributed by atoms with E-state index in [2.05, 4.69) is 19.1 Å². The van der Waals surface area contributed by atoms with Gasteiger partial charge in [-0.3, -0.25) is 0 Å². The van der Waals surface area contributed by atoms with Crippen molar-refractivity contribution in [1.29, 1.82) is 0 Å². The minimum absolute atomic E-state index is 0.147. The quantitative estimate of drug-likeness (QED) is 0.764. The van der Waals surface area contributed by atoms with Crippen molar-refractivity contribution < 1.29 is 14.2 Å². The number of aryl methyl sites for hydroxylation is 1. The Bertz CT molecular complexity index is 481. The van der Waals surface area contributed by atoms with Gasteiger partial charge in [0.15, 0.2) is 5.79 Å². The molecule has 98 valence electrons. The summed E-state index contributed by atoms with van der Waals surface area (Å²) in [5.41, 5.74) is 2.23. The van der Waals surface area contributed by atoms with Crippen LogP contribution in [0.2, 0.25) is 0 Å². The van der Waals surface area contributed by atoms with Crippen LogP contribution in [0.1, 0.15) is 38.3 Å². The van der Waals surface area contributed by atoms with E-state index in [0.717, 1.165) is 18.6 Å². The fourth-order valence-electron chi connectivity index (χ4n) is 3.29. The third-order valence-corrected chi connectivity index (χ3v) is 4.02. The summed E-state index contributed by atoms with van der Waals surface area (Å²) >= 11 is 0. The average molecular weight is 248 g/mol. The molecule has 1 aromatic carbocycles. The van der Waals surface area contributed by atoms with Crippen LogP contribution in [0, 0.1) is 0 Å². The van der Waals surface area contributed by atoms with E-state index in [4.69, 9.17) is 14.2 Å². The molecular formula is C15H20O3. The molecular weight excluding hydrogens is 228 g/mol. The first-order chi connectivity index (χ1) is 8.44. The van der Waals surface area contributed by atoms with E-state index < -0.39 is 5.79 Å². The maximum Gasteiger partial charge on any atom is 0.164 e. The van der Waals surface area contributed by atoms with Gasteiger partial charge in [-0.05, 0) is 56.9 Å². The molecule has 3 rings (SSSR count). The molecule has 3 nitrogen and oxygen atoms in total. The molecule has 0 radical (unpaired) electrons. The van der Waals surface area contributed by atoms with Gasteiger partial charge in [0.05, 0.1) is 13.2 Å². The Morgan fingerprint density at radius 1 is 1.28 bits per heavy atom.